The fraction of sp³-hybridized carbons (Fsp3) is 0.818. The summed E-state index contributed by atoms with van der Waals surface area (Å²) in [6, 6.07) is 4.03. The van der Waals surface area contributed by atoms with Crippen molar-refractivity contribution in [1.82, 2.24) is 0 Å². The van der Waals surface area contributed by atoms with E-state index in [0.29, 0.717) is 0 Å². The van der Waals surface area contributed by atoms with Crippen LogP contribution in [0.2, 0.25) is 33.0 Å². The first-order chi connectivity index (χ1) is 5.89. The Morgan fingerprint density at radius 2 is 1.31 bits per heavy atom. The van der Waals surface area contributed by atoms with Gasteiger partial charge in [0.05, 0.1) is 0 Å². The summed E-state index contributed by atoms with van der Waals surface area (Å²) in [5.41, 5.74) is 3.70. The summed E-state index contributed by atoms with van der Waals surface area (Å²) in [7, 11) is -1.14. The van der Waals surface area contributed by atoms with Gasteiger partial charge in [0, 0.05) is 0 Å². The van der Waals surface area contributed by atoms with Crippen LogP contribution in [0.3, 0.4) is 0 Å². The van der Waals surface area contributed by atoms with Crippen molar-refractivity contribution in [2.45, 2.75) is 53.7 Å². The Labute approximate surface area is 89.4 Å². The van der Waals surface area contributed by atoms with Gasteiger partial charge in [0.2, 0.25) is 0 Å². The van der Waals surface area contributed by atoms with Gasteiger partial charge in [-0.3, -0.25) is 0 Å². The summed E-state index contributed by atoms with van der Waals surface area (Å²) in [5, 5.41) is 0. The molecule has 0 amide bonds. The molecule has 0 aromatic rings. The van der Waals surface area contributed by atoms with Gasteiger partial charge in [-0.1, -0.05) is 0 Å². The zero-order valence-electron chi connectivity index (χ0n) is 10.1. The molecule has 0 aromatic carbocycles. The first kappa shape index (κ1) is 13.6. The minimum absolute atomic E-state index is 1.14. The first-order valence-electron chi connectivity index (χ1n) is 5.43. The Bertz CT molecular complexity index is 192. The number of rotatable bonds is 3. The SMILES string of the molecule is CC[Si](C#[C][Sn]([CH3])([CH3])[CH3])(CC)CC. The van der Waals surface area contributed by atoms with Crippen molar-refractivity contribution >= 4 is 26.5 Å². The molecule has 0 unspecified atom stereocenters. The molecule has 0 saturated heterocycles. The molecule has 0 fully saturated rings. The van der Waals surface area contributed by atoms with Crippen LogP contribution in [0, 0.1) is 9.48 Å². The van der Waals surface area contributed by atoms with Crippen molar-refractivity contribution in [1.29, 1.82) is 0 Å². The zero-order valence-corrected chi connectivity index (χ0v) is 14.0. The third-order valence-corrected chi connectivity index (χ3v) is 10.7. The maximum absolute atomic E-state index is 3.70. The molecule has 0 aliphatic heterocycles. The van der Waals surface area contributed by atoms with E-state index in [1.165, 1.54) is 18.1 Å². The van der Waals surface area contributed by atoms with Crippen molar-refractivity contribution in [3.05, 3.63) is 0 Å². The standard InChI is InChI=1S/C8H15Si.3CH3.Sn/c1-5-9(6-2,7-3)8-4;;;;/h5-7H2,1-3H3;3*1H3;. The zero-order chi connectivity index (χ0) is 10.5. The predicted molar refractivity (Wildman–Crippen MR) is 68.3 cm³/mol. The van der Waals surface area contributed by atoms with Crippen LogP contribution in [-0.4, -0.2) is 26.5 Å². The molecule has 0 N–H and O–H groups in total. The molecular formula is C11H24SiSn. The molecule has 2 heteroatoms. The van der Waals surface area contributed by atoms with Crippen molar-refractivity contribution in [3.8, 4) is 9.48 Å². The summed E-state index contributed by atoms with van der Waals surface area (Å²) in [5.74, 6) is 0. The van der Waals surface area contributed by atoms with Crippen molar-refractivity contribution < 1.29 is 0 Å². The predicted octanol–water partition coefficient (Wildman–Crippen LogP) is 3.91. The summed E-state index contributed by atoms with van der Waals surface area (Å²) >= 11 is -1.82. The van der Waals surface area contributed by atoms with Crippen LogP contribution in [0.15, 0.2) is 0 Å². The van der Waals surface area contributed by atoms with Gasteiger partial charge < -0.3 is 0 Å². The fourth-order valence-electron chi connectivity index (χ4n) is 1.34. The molecule has 0 spiro atoms. The average molecular weight is 303 g/mol. The molecule has 0 bridgehead atoms. The molecule has 0 aliphatic rings. The van der Waals surface area contributed by atoms with Crippen LogP contribution < -0.4 is 0 Å². The molecular weight excluding hydrogens is 279 g/mol. The molecule has 0 aliphatic carbocycles. The molecule has 0 aromatic heterocycles. The van der Waals surface area contributed by atoms with Crippen LogP contribution in [0.25, 0.3) is 0 Å². The van der Waals surface area contributed by atoms with E-state index in [0.717, 1.165) is 0 Å². The van der Waals surface area contributed by atoms with E-state index >= 15 is 0 Å². The van der Waals surface area contributed by atoms with Crippen molar-refractivity contribution in [2.75, 3.05) is 0 Å². The Morgan fingerprint density at radius 1 is 0.923 bits per heavy atom. The quantitative estimate of drug-likeness (QED) is 0.548. The first-order valence-corrected chi connectivity index (χ1v) is 18.0. The molecule has 0 atom stereocenters. The van der Waals surface area contributed by atoms with E-state index in [1.54, 1.807) is 0 Å². The van der Waals surface area contributed by atoms with E-state index in [9.17, 15) is 0 Å². The molecule has 0 heterocycles. The van der Waals surface area contributed by atoms with E-state index < -0.39 is 26.5 Å². The van der Waals surface area contributed by atoms with Gasteiger partial charge in [-0.25, -0.2) is 0 Å². The van der Waals surface area contributed by atoms with Crippen LogP contribution in [-0.2, 0) is 0 Å². The number of hydrogen-bond donors (Lipinski definition) is 0. The Morgan fingerprint density at radius 3 is 1.54 bits per heavy atom. The fourth-order valence-corrected chi connectivity index (χ4v) is 9.49. The topological polar surface area (TPSA) is 0 Å². The Hall–Kier alpha value is 0.576. The molecule has 0 rings (SSSR count). The minimum atomic E-state index is -1.82. The summed E-state index contributed by atoms with van der Waals surface area (Å²) < 4.78 is 3.64. The second-order valence-corrected chi connectivity index (χ2v) is 23.3. The third-order valence-electron chi connectivity index (χ3n) is 2.73. The van der Waals surface area contributed by atoms with Gasteiger partial charge in [-0.2, -0.15) is 0 Å². The Balaban J connectivity index is 4.66. The average Bonchev–Trinajstić information content (AvgIpc) is 2.06. The van der Waals surface area contributed by atoms with E-state index in [4.69, 9.17) is 0 Å². The maximum atomic E-state index is 3.70. The second-order valence-electron chi connectivity index (χ2n) is 4.84. The van der Waals surface area contributed by atoms with Gasteiger partial charge >= 0.3 is 89.7 Å². The van der Waals surface area contributed by atoms with Crippen LogP contribution >= 0.6 is 0 Å². The van der Waals surface area contributed by atoms with E-state index in [2.05, 4.69) is 45.1 Å². The van der Waals surface area contributed by atoms with Crippen molar-refractivity contribution in [2.24, 2.45) is 0 Å². The van der Waals surface area contributed by atoms with E-state index in [1.807, 2.05) is 0 Å². The van der Waals surface area contributed by atoms with Crippen LogP contribution in [0.4, 0.5) is 0 Å². The third kappa shape index (κ3) is 5.12. The molecule has 0 radical (unpaired) electrons. The van der Waals surface area contributed by atoms with Gasteiger partial charge in [0.15, 0.2) is 0 Å². The van der Waals surface area contributed by atoms with Gasteiger partial charge in [-0.05, 0) is 0 Å². The van der Waals surface area contributed by atoms with Crippen molar-refractivity contribution in [3.63, 3.8) is 0 Å². The molecule has 0 nitrogen and oxygen atoms in total. The number of hydrogen-bond acceptors (Lipinski definition) is 0. The second kappa shape index (κ2) is 5.45. The van der Waals surface area contributed by atoms with E-state index in [-0.39, 0.29) is 0 Å². The van der Waals surface area contributed by atoms with Gasteiger partial charge in [0.25, 0.3) is 0 Å². The summed E-state index contributed by atoms with van der Waals surface area (Å²) in [6.07, 6.45) is 0. The molecule has 13 heavy (non-hydrogen) atoms. The summed E-state index contributed by atoms with van der Waals surface area (Å²) in [6.45, 7) is 6.98. The van der Waals surface area contributed by atoms with Gasteiger partial charge in [-0.15, -0.1) is 0 Å². The molecule has 76 valence electrons. The summed E-state index contributed by atoms with van der Waals surface area (Å²) in [4.78, 5) is 7.21. The van der Waals surface area contributed by atoms with Crippen LogP contribution in [0.5, 0.6) is 0 Å². The Kier molecular flexibility index (Phi) is 5.70. The normalized spacial score (nSPS) is 12.2. The van der Waals surface area contributed by atoms with Crippen LogP contribution in [0.1, 0.15) is 20.8 Å². The van der Waals surface area contributed by atoms with Gasteiger partial charge in [0.1, 0.15) is 0 Å². The monoisotopic (exact) mass is 304 g/mol. The molecule has 0 saturated carbocycles.